The largest absolute Gasteiger partial charge is 0.482 e. The van der Waals surface area contributed by atoms with E-state index in [0.29, 0.717) is 26.8 Å². The zero-order chi connectivity index (χ0) is 19.4. The maximum Gasteiger partial charge on any atom is 0.341 e. The van der Waals surface area contributed by atoms with E-state index in [2.05, 4.69) is 0 Å². The molecule has 2 amide bonds. The molecule has 2 aromatic carbocycles. The molecule has 1 N–H and O–H groups in total. The van der Waals surface area contributed by atoms with Crippen molar-refractivity contribution in [3.63, 3.8) is 0 Å². The van der Waals surface area contributed by atoms with Gasteiger partial charge in [0.1, 0.15) is 5.75 Å². The normalized spacial score (nSPS) is 15.4. The molecule has 27 heavy (non-hydrogen) atoms. The number of imide groups is 1. The number of carbonyl (C=O) groups is 3. The Bertz CT molecular complexity index is 926. The Morgan fingerprint density at radius 2 is 1.85 bits per heavy atom. The molecule has 8 heteroatoms. The predicted molar refractivity (Wildman–Crippen MR) is 103 cm³/mol. The van der Waals surface area contributed by atoms with Crippen molar-refractivity contribution in [2.45, 2.75) is 6.54 Å². The van der Waals surface area contributed by atoms with Crippen molar-refractivity contribution in [2.75, 3.05) is 6.61 Å². The van der Waals surface area contributed by atoms with E-state index in [-0.39, 0.29) is 17.7 Å². The number of ether oxygens (including phenoxy) is 1. The highest BCUT2D eigenvalue weighted by atomic mass is 35.5. The highest BCUT2D eigenvalue weighted by molar-refractivity contribution is 8.18. The van der Waals surface area contributed by atoms with E-state index < -0.39 is 12.6 Å². The van der Waals surface area contributed by atoms with Gasteiger partial charge in [0.25, 0.3) is 11.1 Å². The van der Waals surface area contributed by atoms with Gasteiger partial charge in [-0.05, 0) is 47.2 Å². The standard InChI is InChI=1S/C19H14ClNO5S/c20-15-4-2-1-3-13(15)10-21-18(24)16(27-19(21)25)9-12-5-7-14(8-6-12)26-11-17(22)23/h1-9H,10-11H2,(H,22,23)/b16-9+. The van der Waals surface area contributed by atoms with Gasteiger partial charge in [0.05, 0.1) is 11.4 Å². The molecule has 6 nitrogen and oxygen atoms in total. The van der Waals surface area contributed by atoms with Gasteiger partial charge >= 0.3 is 5.97 Å². The van der Waals surface area contributed by atoms with Crippen LogP contribution in [0.25, 0.3) is 6.08 Å². The van der Waals surface area contributed by atoms with Crippen LogP contribution in [0.5, 0.6) is 5.75 Å². The molecule has 0 spiro atoms. The molecule has 0 radical (unpaired) electrons. The van der Waals surface area contributed by atoms with Crippen molar-refractivity contribution >= 4 is 46.6 Å². The van der Waals surface area contributed by atoms with Crippen LogP contribution >= 0.6 is 23.4 Å². The fourth-order valence-electron chi connectivity index (χ4n) is 2.39. The smallest absolute Gasteiger partial charge is 0.341 e. The van der Waals surface area contributed by atoms with Crippen LogP contribution in [0, 0.1) is 0 Å². The van der Waals surface area contributed by atoms with Crippen LogP contribution in [-0.4, -0.2) is 33.7 Å². The van der Waals surface area contributed by atoms with E-state index >= 15 is 0 Å². The summed E-state index contributed by atoms with van der Waals surface area (Å²) in [6.07, 6.45) is 1.61. The third-order valence-corrected chi connectivity index (χ3v) is 4.98. The summed E-state index contributed by atoms with van der Waals surface area (Å²) in [5.41, 5.74) is 1.39. The third kappa shape index (κ3) is 4.69. The number of benzene rings is 2. The number of amides is 2. The lowest BCUT2D eigenvalue weighted by Crippen LogP contribution is -2.27. The maximum absolute atomic E-state index is 12.6. The van der Waals surface area contributed by atoms with Gasteiger partial charge in [0.15, 0.2) is 6.61 Å². The lowest BCUT2D eigenvalue weighted by atomic mass is 10.2. The average Bonchev–Trinajstić information content (AvgIpc) is 2.90. The fourth-order valence-corrected chi connectivity index (χ4v) is 3.42. The van der Waals surface area contributed by atoms with Crippen molar-refractivity contribution in [1.29, 1.82) is 0 Å². The second-order valence-electron chi connectivity index (χ2n) is 5.61. The fraction of sp³-hybridized carbons (Fsp3) is 0.105. The van der Waals surface area contributed by atoms with Crippen molar-refractivity contribution in [3.8, 4) is 5.75 Å². The maximum atomic E-state index is 12.6. The highest BCUT2D eigenvalue weighted by Crippen LogP contribution is 2.34. The van der Waals surface area contributed by atoms with E-state index in [0.717, 1.165) is 16.7 Å². The van der Waals surface area contributed by atoms with Gasteiger partial charge in [0.2, 0.25) is 0 Å². The Labute approximate surface area is 164 Å². The van der Waals surface area contributed by atoms with Gasteiger partial charge in [-0.1, -0.05) is 41.9 Å². The van der Waals surface area contributed by atoms with Gasteiger partial charge in [-0.2, -0.15) is 0 Å². The number of halogens is 1. The number of aliphatic carboxylic acids is 1. The number of carboxylic acid groups (broad SMARTS) is 1. The average molecular weight is 404 g/mol. The van der Waals surface area contributed by atoms with Crippen LogP contribution in [0.15, 0.2) is 53.4 Å². The van der Waals surface area contributed by atoms with Crippen molar-refractivity contribution < 1.29 is 24.2 Å². The molecule has 0 saturated carbocycles. The molecule has 0 aromatic heterocycles. The first-order valence-electron chi connectivity index (χ1n) is 7.87. The predicted octanol–water partition coefficient (Wildman–Crippen LogP) is 4.04. The molecule has 2 aromatic rings. The molecular formula is C19H14ClNO5S. The summed E-state index contributed by atoms with van der Waals surface area (Å²) >= 11 is 6.97. The van der Waals surface area contributed by atoms with Crippen LogP contribution in [0.4, 0.5) is 4.79 Å². The lowest BCUT2D eigenvalue weighted by Gasteiger charge is -2.13. The highest BCUT2D eigenvalue weighted by Gasteiger charge is 2.35. The number of carboxylic acids is 1. The second-order valence-corrected chi connectivity index (χ2v) is 7.01. The summed E-state index contributed by atoms with van der Waals surface area (Å²) in [5.74, 6) is -1.04. The summed E-state index contributed by atoms with van der Waals surface area (Å²) in [6.45, 7) is -0.316. The minimum Gasteiger partial charge on any atom is -0.482 e. The Morgan fingerprint density at radius 3 is 2.52 bits per heavy atom. The van der Waals surface area contributed by atoms with Gasteiger partial charge in [-0.15, -0.1) is 0 Å². The van der Waals surface area contributed by atoms with E-state index in [1.165, 1.54) is 0 Å². The number of hydrogen-bond donors (Lipinski definition) is 1. The van der Waals surface area contributed by atoms with Crippen LogP contribution in [0.2, 0.25) is 5.02 Å². The zero-order valence-electron chi connectivity index (χ0n) is 13.9. The zero-order valence-corrected chi connectivity index (χ0v) is 15.5. The van der Waals surface area contributed by atoms with Crippen molar-refractivity contribution in [2.24, 2.45) is 0 Å². The Kier molecular flexibility index (Phi) is 5.83. The number of thioether (sulfide) groups is 1. The van der Waals surface area contributed by atoms with Crippen LogP contribution in [0.3, 0.4) is 0 Å². The molecule has 1 saturated heterocycles. The molecule has 1 aliphatic rings. The molecule has 0 unspecified atom stereocenters. The first-order chi connectivity index (χ1) is 12.9. The molecule has 1 aliphatic heterocycles. The molecular weight excluding hydrogens is 390 g/mol. The quantitative estimate of drug-likeness (QED) is 0.733. The third-order valence-electron chi connectivity index (χ3n) is 3.70. The Balaban J connectivity index is 1.72. The van der Waals surface area contributed by atoms with E-state index in [1.807, 2.05) is 0 Å². The molecule has 1 heterocycles. The summed E-state index contributed by atoms with van der Waals surface area (Å²) in [7, 11) is 0. The van der Waals surface area contributed by atoms with Gasteiger partial charge < -0.3 is 9.84 Å². The minimum atomic E-state index is -1.06. The Morgan fingerprint density at radius 1 is 1.15 bits per heavy atom. The summed E-state index contributed by atoms with van der Waals surface area (Å²) < 4.78 is 5.06. The number of carbonyl (C=O) groups excluding carboxylic acids is 2. The SMILES string of the molecule is O=C(O)COc1ccc(/C=C2/SC(=O)N(Cc3ccccc3Cl)C2=O)cc1. The molecule has 1 fully saturated rings. The van der Waals surface area contributed by atoms with Gasteiger partial charge in [0, 0.05) is 5.02 Å². The van der Waals surface area contributed by atoms with E-state index in [1.54, 1.807) is 54.6 Å². The van der Waals surface area contributed by atoms with E-state index in [4.69, 9.17) is 21.4 Å². The molecule has 0 aliphatic carbocycles. The molecule has 3 rings (SSSR count). The molecule has 138 valence electrons. The Hall–Kier alpha value is -2.77. The van der Waals surface area contributed by atoms with Crippen LogP contribution in [0.1, 0.15) is 11.1 Å². The monoisotopic (exact) mass is 403 g/mol. The molecule has 0 bridgehead atoms. The molecule has 0 atom stereocenters. The summed E-state index contributed by atoms with van der Waals surface area (Å²) in [5, 5.41) is 8.74. The first-order valence-corrected chi connectivity index (χ1v) is 9.07. The summed E-state index contributed by atoms with van der Waals surface area (Å²) in [4.78, 5) is 36.7. The number of rotatable bonds is 6. The number of hydrogen-bond acceptors (Lipinski definition) is 5. The second kappa shape index (κ2) is 8.28. The first kappa shape index (κ1) is 19.0. The van der Waals surface area contributed by atoms with Gasteiger partial charge in [-0.25, -0.2) is 4.79 Å². The number of nitrogens with zero attached hydrogens (tertiary/aromatic N) is 1. The lowest BCUT2D eigenvalue weighted by molar-refractivity contribution is -0.139. The topological polar surface area (TPSA) is 83.9 Å². The minimum absolute atomic E-state index is 0.115. The van der Waals surface area contributed by atoms with Gasteiger partial charge in [-0.3, -0.25) is 14.5 Å². The van der Waals surface area contributed by atoms with Crippen LogP contribution < -0.4 is 4.74 Å². The summed E-state index contributed by atoms with van der Waals surface area (Å²) in [6, 6.07) is 13.6. The van der Waals surface area contributed by atoms with Crippen molar-refractivity contribution in [3.05, 3.63) is 69.6 Å². The van der Waals surface area contributed by atoms with Crippen LogP contribution in [-0.2, 0) is 16.1 Å². The van der Waals surface area contributed by atoms with E-state index in [9.17, 15) is 14.4 Å². The van der Waals surface area contributed by atoms with Crippen molar-refractivity contribution in [1.82, 2.24) is 4.90 Å².